The minimum absolute atomic E-state index is 0.165. The number of nitriles is 1. The number of H-pyrrole nitrogens is 1. The van der Waals surface area contributed by atoms with Crippen LogP contribution in [0.1, 0.15) is 29.4 Å². The zero-order valence-corrected chi connectivity index (χ0v) is 16.0. The van der Waals surface area contributed by atoms with Crippen molar-refractivity contribution in [1.82, 2.24) is 9.97 Å². The van der Waals surface area contributed by atoms with E-state index in [1.807, 2.05) is 32.0 Å². The van der Waals surface area contributed by atoms with E-state index in [9.17, 15) is 4.79 Å². The molecule has 1 atom stereocenters. The van der Waals surface area contributed by atoms with Gasteiger partial charge in [0.1, 0.15) is 6.07 Å². The van der Waals surface area contributed by atoms with Crippen LogP contribution < -0.4 is 5.32 Å². The Labute approximate surface area is 162 Å². The highest BCUT2D eigenvalue weighted by Gasteiger charge is 2.18. The van der Waals surface area contributed by atoms with Gasteiger partial charge in [0.05, 0.1) is 22.2 Å². The minimum atomic E-state index is -0.355. The Balaban J connectivity index is 1.65. The van der Waals surface area contributed by atoms with Gasteiger partial charge in [0, 0.05) is 12.1 Å². The molecule has 0 bridgehead atoms. The number of carbonyl (C=O) groups excluding carboxylic acids is 1. The summed E-state index contributed by atoms with van der Waals surface area (Å²) in [5, 5.41) is 12.3. The Hall–Kier alpha value is -3.04. The molecule has 2 aromatic carbocycles. The number of benzene rings is 2. The molecule has 1 amide bonds. The van der Waals surface area contributed by atoms with Crippen molar-refractivity contribution in [2.45, 2.75) is 30.7 Å². The first-order chi connectivity index (χ1) is 13.1. The molecule has 0 aliphatic heterocycles. The van der Waals surface area contributed by atoms with Gasteiger partial charge in [-0.2, -0.15) is 5.26 Å². The fourth-order valence-corrected chi connectivity index (χ4v) is 3.50. The summed E-state index contributed by atoms with van der Waals surface area (Å²) in [6.07, 6.45) is 0.750. The molecule has 0 unspecified atom stereocenters. The van der Waals surface area contributed by atoms with Gasteiger partial charge >= 0.3 is 0 Å². The SMILES string of the molecule is Cc1[nH]c(S[C@@H](C)C(=O)Nc2ccccc2C#N)nc1Cc1ccccc1. The summed E-state index contributed by atoms with van der Waals surface area (Å²) in [6, 6.07) is 19.2. The molecular weight excluding hydrogens is 356 g/mol. The number of hydrogen-bond donors (Lipinski definition) is 2. The van der Waals surface area contributed by atoms with Crippen molar-refractivity contribution in [3.63, 3.8) is 0 Å². The molecule has 6 heteroatoms. The van der Waals surface area contributed by atoms with Gasteiger partial charge in [-0.3, -0.25) is 4.79 Å². The Morgan fingerprint density at radius 1 is 1.22 bits per heavy atom. The van der Waals surface area contributed by atoms with Gasteiger partial charge in [-0.25, -0.2) is 4.98 Å². The number of carbonyl (C=O) groups is 1. The number of anilines is 1. The second-order valence-corrected chi connectivity index (χ2v) is 7.51. The number of aromatic nitrogens is 2. The van der Waals surface area contributed by atoms with Crippen LogP contribution >= 0.6 is 11.8 Å². The maximum atomic E-state index is 12.5. The number of imidazole rings is 1. The van der Waals surface area contributed by atoms with E-state index in [-0.39, 0.29) is 11.2 Å². The Morgan fingerprint density at radius 2 is 1.93 bits per heavy atom. The summed E-state index contributed by atoms with van der Waals surface area (Å²) >= 11 is 1.37. The van der Waals surface area contributed by atoms with Crippen molar-refractivity contribution in [3.8, 4) is 6.07 Å². The zero-order chi connectivity index (χ0) is 19.2. The average molecular weight is 376 g/mol. The van der Waals surface area contributed by atoms with Crippen LogP contribution in [0.2, 0.25) is 0 Å². The lowest BCUT2D eigenvalue weighted by Crippen LogP contribution is -2.23. The van der Waals surface area contributed by atoms with E-state index in [1.165, 1.54) is 17.3 Å². The molecule has 1 aromatic heterocycles. The fraction of sp³-hybridized carbons (Fsp3) is 0.190. The van der Waals surface area contributed by atoms with Crippen molar-refractivity contribution >= 4 is 23.4 Å². The van der Waals surface area contributed by atoms with Gasteiger partial charge in [-0.1, -0.05) is 54.2 Å². The van der Waals surface area contributed by atoms with E-state index in [4.69, 9.17) is 5.26 Å². The predicted molar refractivity (Wildman–Crippen MR) is 108 cm³/mol. The Morgan fingerprint density at radius 3 is 2.67 bits per heavy atom. The van der Waals surface area contributed by atoms with Gasteiger partial charge in [-0.05, 0) is 31.5 Å². The first kappa shape index (κ1) is 18.7. The third-order valence-corrected chi connectivity index (χ3v) is 5.13. The second kappa shape index (κ2) is 8.56. The second-order valence-electron chi connectivity index (χ2n) is 6.18. The normalized spacial score (nSPS) is 11.6. The maximum Gasteiger partial charge on any atom is 0.237 e. The summed E-state index contributed by atoms with van der Waals surface area (Å²) in [7, 11) is 0. The quantitative estimate of drug-likeness (QED) is 0.629. The third kappa shape index (κ3) is 4.78. The lowest BCUT2D eigenvalue weighted by molar-refractivity contribution is -0.115. The Bertz CT molecular complexity index is 975. The minimum Gasteiger partial charge on any atom is -0.337 e. The van der Waals surface area contributed by atoms with Crippen molar-refractivity contribution in [2.24, 2.45) is 0 Å². The number of rotatable bonds is 6. The van der Waals surface area contributed by atoms with Crippen molar-refractivity contribution < 1.29 is 4.79 Å². The third-order valence-electron chi connectivity index (χ3n) is 4.14. The summed E-state index contributed by atoms with van der Waals surface area (Å²) in [5.41, 5.74) is 4.15. The number of amides is 1. The molecule has 0 aliphatic rings. The number of nitrogens with zero attached hydrogens (tertiary/aromatic N) is 2. The summed E-state index contributed by atoms with van der Waals surface area (Å²) in [6.45, 7) is 3.81. The zero-order valence-electron chi connectivity index (χ0n) is 15.2. The van der Waals surface area contributed by atoms with Gasteiger partial charge in [0.15, 0.2) is 5.16 Å². The van der Waals surface area contributed by atoms with Crippen molar-refractivity contribution in [2.75, 3.05) is 5.32 Å². The average Bonchev–Trinajstić information content (AvgIpc) is 3.01. The topological polar surface area (TPSA) is 81.6 Å². The molecule has 0 spiro atoms. The van der Waals surface area contributed by atoms with Gasteiger partial charge in [0.2, 0.25) is 5.91 Å². The van der Waals surface area contributed by atoms with Crippen LogP contribution in [-0.4, -0.2) is 21.1 Å². The number of aryl methyl sites for hydroxylation is 1. The molecule has 0 fully saturated rings. The molecule has 0 aliphatic carbocycles. The summed E-state index contributed by atoms with van der Waals surface area (Å²) in [5.74, 6) is -0.165. The van der Waals surface area contributed by atoms with Crippen LogP contribution in [0.3, 0.4) is 0 Å². The standard InChI is InChI=1S/C21H20N4OS/c1-14-19(12-16-8-4-3-5-9-16)25-21(23-14)27-15(2)20(26)24-18-11-7-6-10-17(18)13-22/h3-11,15H,12H2,1-2H3,(H,23,25)(H,24,26)/t15-/m0/s1. The number of aromatic amines is 1. The maximum absolute atomic E-state index is 12.5. The fourth-order valence-electron chi connectivity index (χ4n) is 2.63. The Kier molecular flexibility index (Phi) is 5.94. The van der Waals surface area contributed by atoms with Crippen molar-refractivity contribution in [1.29, 1.82) is 5.26 Å². The molecule has 5 nitrogen and oxygen atoms in total. The van der Waals surface area contributed by atoms with Gasteiger partial charge < -0.3 is 10.3 Å². The molecule has 27 heavy (non-hydrogen) atoms. The summed E-state index contributed by atoms with van der Waals surface area (Å²) in [4.78, 5) is 20.4. The van der Waals surface area contributed by atoms with Crippen LogP contribution in [0.25, 0.3) is 0 Å². The molecule has 1 heterocycles. The first-order valence-corrected chi connectivity index (χ1v) is 9.51. The van der Waals surface area contributed by atoms with E-state index < -0.39 is 0 Å². The van der Waals surface area contributed by atoms with E-state index in [1.54, 1.807) is 24.3 Å². The molecule has 2 N–H and O–H groups in total. The largest absolute Gasteiger partial charge is 0.337 e. The molecule has 0 saturated carbocycles. The van der Waals surface area contributed by atoms with Gasteiger partial charge in [0.25, 0.3) is 0 Å². The van der Waals surface area contributed by atoms with E-state index in [2.05, 4.69) is 33.5 Å². The highest BCUT2D eigenvalue weighted by molar-refractivity contribution is 8.00. The van der Waals surface area contributed by atoms with Crippen LogP contribution in [-0.2, 0) is 11.2 Å². The molecule has 0 saturated heterocycles. The molecule has 3 rings (SSSR count). The summed E-state index contributed by atoms with van der Waals surface area (Å²) < 4.78 is 0. The van der Waals surface area contributed by atoms with Crippen LogP contribution in [0.5, 0.6) is 0 Å². The predicted octanol–water partition coefficient (Wildman–Crippen LogP) is 4.30. The van der Waals surface area contributed by atoms with Crippen LogP contribution in [0, 0.1) is 18.3 Å². The van der Waals surface area contributed by atoms with Crippen LogP contribution in [0.15, 0.2) is 59.8 Å². The van der Waals surface area contributed by atoms with Crippen LogP contribution in [0.4, 0.5) is 5.69 Å². The lowest BCUT2D eigenvalue weighted by Gasteiger charge is -2.11. The molecule has 0 radical (unpaired) electrons. The molecule has 3 aromatic rings. The number of hydrogen-bond acceptors (Lipinski definition) is 4. The highest BCUT2D eigenvalue weighted by Crippen LogP contribution is 2.24. The monoisotopic (exact) mass is 376 g/mol. The van der Waals surface area contributed by atoms with Crippen molar-refractivity contribution in [3.05, 3.63) is 77.1 Å². The van der Waals surface area contributed by atoms with E-state index in [0.29, 0.717) is 11.3 Å². The lowest BCUT2D eigenvalue weighted by atomic mass is 10.1. The smallest absolute Gasteiger partial charge is 0.237 e. The molecule has 136 valence electrons. The van der Waals surface area contributed by atoms with E-state index in [0.717, 1.165) is 23.0 Å². The highest BCUT2D eigenvalue weighted by atomic mass is 32.2. The number of thioether (sulfide) groups is 1. The first-order valence-electron chi connectivity index (χ1n) is 8.63. The number of nitrogens with one attached hydrogen (secondary N) is 2. The molecular formula is C21H20N4OS. The number of para-hydroxylation sites is 1. The van der Waals surface area contributed by atoms with E-state index >= 15 is 0 Å². The van der Waals surface area contributed by atoms with Gasteiger partial charge in [-0.15, -0.1) is 0 Å².